The van der Waals surface area contributed by atoms with Crippen molar-refractivity contribution >= 4 is 17.2 Å². The van der Waals surface area contributed by atoms with Crippen LogP contribution in [0.5, 0.6) is 0 Å². The van der Waals surface area contributed by atoms with Crippen LogP contribution in [-0.2, 0) is 26.1 Å². The van der Waals surface area contributed by atoms with E-state index in [0.717, 1.165) is 36.0 Å². The first-order valence-corrected chi connectivity index (χ1v) is 9.18. The number of nitrogens with one attached hydrogen (secondary N) is 2. The quantitative estimate of drug-likeness (QED) is 0.736. The number of thiazole rings is 1. The number of aromatic nitrogens is 3. The molecule has 3 aromatic rings. The van der Waals surface area contributed by atoms with Gasteiger partial charge in [-0.25, -0.2) is 9.97 Å². The van der Waals surface area contributed by atoms with E-state index in [1.165, 1.54) is 5.56 Å². The number of imidazole rings is 1. The van der Waals surface area contributed by atoms with Crippen LogP contribution in [-0.4, -0.2) is 27.0 Å². The second-order valence-corrected chi connectivity index (χ2v) is 6.93. The van der Waals surface area contributed by atoms with Crippen LogP contribution in [0, 0.1) is 0 Å². The number of carbonyl (C=O) groups excluding carboxylic acids is 1. The molecule has 2 aromatic heterocycles. The molecule has 0 aliphatic carbocycles. The number of amides is 1. The third-order valence-corrected chi connectivity index (χ3v) is 5.03. The molecule has 7 heteroatoms. The number of hydrogen-bond acceptors (Lipinski definition) is 5. The lowest BCUT2D eigenvalue weighted by atomic mass is 10.2. The lowest BCUT2D eigenvalue weighted by Crippen LogP contribution is -2.27. The Morgan fingerprint density at radius 1 is 1.28 bits per heavy atom. The second kappa shape index (κ2) is 7.16. The highest BCUT2D eigenvalue weighted by atomic mass is 32.1. The van der Waals surface area contributed by atoms with E-state index in [-0.39, 0.29) is 5.91 Å². The number of carbonyl (C=O) groups is 1. The smallest absolute Gasteiger partial charge is 0.271 e. The van der Waals surface area contributed by atoms with Crippen molar-refractivity contribution in [2.24, 2.45) is 0 Å². The van der Waals surface area contributed by atoms with E-state index in [4.69, 9.17) is 0 Å². The van der Waals surface area contributed by atoms with E-state index >= 15 is 0 Å². The Morgan fingerprint density at radius 3 is 3.00 bits per heavy atom. The van der Waals surface area contributed by atoms with Gasteiger partial charge in [0.1, 0.15) is 11.5 Å². The highest BCUT2D eigenvalue weighted by Gasteiger charge is 2.16. The molecule has 0 bridgehead atoms. The van der Waals surface area contributed by atoms with Crippen molar-refractivity contribution < 1.29 is 4.79 Å². The lowest BCUT2D eigenvalue weighted by Gasteiger charge is -2.13. The maximum absolute atomic E-state index is 12.3. The Bertz CT molecular complexity index is 847. The Balaban J connectivity index is 1.35. The molecule has 0 fully saturated rings. The number of rotatable bonds is 5. The molecule has 0 atom stereocenters. The van der Waals surface area contributed by atoms with Gasteiger partial charge < -0.3 is 15.2 Å². The zero-order valence-electron chi connectivity index (χ0n) is 13.7. The fourth-order valence-corrected chi connectivity index (χ4v) is 3.67. The van der Waals surface area contributed by atoms with Crippen molar-refractivity contribution in [2.45, 2.75) is 26.1 Å². The van der Waals surface area contributed by atoms with E-state index in [1.807, 2.05) is 34.3 Å². The topological polar surface area (TPSA) is 71.8 Å². The summed E-state index contributed by atoms with van der Waals surface area (Å²) in [6.07, 6.45) is 2.65. The molecule has 1 aromatic carbocycles. The van der Waals surface area contributed by atoms with Crippen LogP contribution in [0.3, 0.4) is 0 Å². The van der Waals surface area contributed by atoms with E-state index in [9.17, 15) is 4.79 Å². The van der Waals surface area contributed by atoms with Crippen molar-refractivity contribution in [1.29, 1.82) is 0 Å². The van der Waals surface area contributed by atoms with Crippen molar-refractivity contribution in [3.05, 3.63) is 69.7 Å². The van der Waals surface area contributed by atoms with Crippen LogP contribution in [0.15, 0.2) is 41.9 Å². The van der Waals surface area contributed by atoms with Crippen LogP contribution in [0.1, 0.15) is 32.6 Å². The number of hydrogen-bond donors (Lipinski definition) is 2. The first kappa shape index (κ1) is 16.0. The molecule has 1 amide bonds. The Morgan fingerprint density at radius 2 is 2.16 bits per heavy atom. The van der Waals surface area contributed by atoms with Crippen molar-refractivity contribution in [2.75, 3.05) is 6.54 Å². The van der Waals surface area contributed by atoms with Gasteiger partial charge in [-0.1, -0.05) is 30.3 Å². The van der Waals surface area contributed by atoms with Crippen LogP contribution in [0.25, 0.3) is 0 Å². The van der Waals surface area contributed by atoms with Crippen molar-refractivity contribution in [3.8, 4) is 0 Å². The SMILES string of the molecule is O=C(NCc1csc(Cc2ccccc2)n1)c1cn2c(n1)CNCC2. The molecule has 1 aliphatic rings. The average molecular weight is 353 g/mol. The molecule has 4 rings (SSSR count). The summed E-state index contributed by atoms with van der Waals surface area (Å²) < 4.78 is 2.03. The first-order chi connectivity index (χ1) is 12.3. The van der Waals surface area contributed by atoms with Crippen LogP contribution >= 0.6 is 11.3 Å². The molecule has 0 spiro atoms. The maximum Gasteiger partial charge on any atom is 0.271 e. The molecule has 25 heavy (non-hydrogen) atoms. The number of benzene rings is 1. The van der Waals surface area contributed by atoms with Gasteiger partial charge in [0.15, 0.2) is 0 Å². The lowest BCUT2D eigenvalue weighted by molar-refractivity contribution is 0.0945. The molecular formula is C18H19N5OS. The fourth-order valence-electron chi connectivity index (χ4n) is 2.84. The van der Waals surface area contributed by atoms with Gasteiger partial charge in [-0.05, 0) is 5.56 Å². The molecule has 1 aliphatic heterocycles. The van der Waals surface area contributed by atoms with E-state index in [1.54, 1.807) is 11.3 Å². The van der Waals surface area contributed by atoms with Gasteiger partial charge in [0.25, 0.3) is 5.91 Å². The monoisotopic (exact) mass is 353 g/mol. The molecule has 0 saturated heterocycles. The third-order valence-electron chi connectivity index (χ3n) is 4.13. The summed E-state index contributed by atoms with van der Waals surface area (Å²) in [4.78, 5) is 21.3. The number of fused-ring (bicyclic) bond motifs is 1. The zero-order valence-corrected chi connectivity index (χ0v) is 14.6. The van der Waals surface area contributed by atoms with Gasteiger partial charge in [-0.2, -0.15) is 0 Å². The Kier molecular flexibility index (Phi) is 4.58. The maximum atomic E-state index is 12.3. The predicted molar refractivity (Wildman–Crippen MR) is 96.5 cm³/mol. The van der Waals surface area contributed by atoms with Gasteiger partial charge in [0, 0.05) is 31.1 Å². The second-order valence-electron chi connectivity index (χ2n) is 5.99. The predicted octanol–water partition coefficient (Wildman–Crippen LogP) is 1.96. The standard InChI is InChI=1S/C18H19N5OS/c24-18(15-11-23-7-6-19-10-16(23)22-15)20-9-14-12-25-17(21-14)8-13-4-2-1-3-5-13/h1-5,11-12,19H,6-10H2,(H,20,24). The minimum atomic E-state index is -0.153. The summed E-state index contributed by atoms with van der Waals surface area (Å²) in [5.41, 5.74) is 2.60. The van der Waals surface area contributed by atoms with E-state index < -0.39 is 0 Å². The summed E-state index contributed by atoms with van der Waals surface area (Å²) in [5, 5.41) is 9.22. The van der Waals surface area contributed by atoms with Gasteiger partial charge >= 0.3 is 0 Å². The van der Waals surface area contributed by atoms with Crippen LogP contribution < -0.4 is 10.6 Å². The molecular weight excluding hydrogens is 334 g/mol. The largest absolute Gasteiger partial charge is 0.345 e. The van der Waals surface area contributed by atoms with Crippen LogP contribution in [0.2, 0.25) is 0 Å². The Labute approximate surface area is 149 Å². The number of nitrogens with zero attached hydrogens (tertiary/aromatic N) is 3. The van der Waals surface area contributed by atoms with Crippen LogP contribution in [0.4, 0.5) is 0 Å². The van der Waals surface area contributed by atoms with Crippen molar-refractivity contribution in [3.63, 3.8) is 0 Å². The fraction of sp³-hybridized carbons (Fsp3) is 0.278. The first-order valence-electron chi connectivity index (χ1n) is 8.30. The van der Waals surface area contributed by atoms with Gasteiger partial charge in [0.05, 0.1) is 23.8 Å². The summed E-state index contributed by atoms with van der Waals surface area (Å²) in [6, 6.07) is 10.3. The van der Waals surface area contributed by atoms with Gasteiger partial charge in [0.2, 0.25) is 0 Å². The van der Waals surface area contributed by atoms with Gasteiger partial charge in [-0.3, -0.25) is 4.79 Å². The molecule has 0 saturated carbocycles. The highest BCUT2D eigenvalue weighted by molar-refractivity contribution is 7.09. The average Bonchev–Trinajstić information content (AvgIpc) is 3.27. The Hall–Kier alpha value is -2.51. The zero-order chi connectivity index (χ0) is 17.1. The molecule has 3 heterocycles. The van der Waals surface area contributed by atoms with Crippen molar-refractivity contribution in [1.82, 2.24) is 25.2 Å². The minimum Gasteiger partial charge on any atom is -0.345 e. The summed E-state index contributed by atoms with van der Waals surface area (Å²) >= 11 is 1.62. The molecule has 0 radical (unpaired) electrons. The molecule has 6 nitrogen and oxygen atoms in total. The molecule has 2 N–H and O–H groups in total. The minimum absolute atomic E-state index is 0.153. The van der Waals surface area contributed by atoms with E-state index in [2.05, 4.69) is 32.7 Å². The molecule has 128 valence electrons. The van der Waals surface area contributed by atoms with Gasteiger partial charge in [-0.15, -0.1) is 11.3 Å². The summed E-state index contributed by atoms with van der Waals surface area (Å²) in [5.74, 6) is 0.759. The summed E-state index contributed by atoms with van der Waals surface area (Å²) in [7, 11) is 0. The summed E-state index contributed by atoms with van der Waals surface area (Å²) in [6.45, 7) is 2.89. The third kappa shape index (κ3) is 3.78. The van der Waals surface area contributed by atoms with E-state index in [0.29, 0.717) is 18.8 Å². The normalized spacial score (nSPS) is 13.4. The highest BCUT2D eigenvalue weighted by Crippen LogP contribution is 2.15. The molecule has 0 unspecified atom stereocenters.